The van der Waals surface area contributed by atoms with Gasteiger partial charge in [0.25, 0.3) is 0 Å². The van der Waals surface area contributed by atoms with Gasteiger partial charge in [0.05, 0.1) is 0 Å². The van der Waals surface area contributed by atoms with E-state index < -0.39 is 0 Å². The van der Waals surface area contributed by atoms with E-state index in [0.717, 1.165) is 6.04 Å². The van der Waals surface area contributed by atoms with Crippen LogP contribution in [-0.4, -0.2) is 24.0 Å². The zero-order valence-electron chi connectivity index (χ0n) is 11.3. The fourth-order valence-corrected chi connectivity index (χ4v) is 2.58. The Morgan fingerprint density at radius 1 is 1.06 bits per heavy atom. The molecule has 1 aliphatic carbocycles. The highest BCUT2D eigenvalue weighted by Gasteiger charge is 2.21. The van der Waals surface area contributed by atoms with Gasteiger partial charge in [-0.15, -0.1) is 0 Å². The van der Waals surface area contributed by atoms with E-state index in [1.54, 1.807) is 0 Å². The number of unbranched alkanes of at least 4 members (excludes halogenated alkanes) is 2. The van der Waals surface area contributed by atoms with Crippen LogP contribution < -0.4 is 0 Å². The first-order valence-electron chi connectivity index (χ1n) is 7.18. The standard InChI is InChI=1S/C15H29N/c1-4-6-12-16(13-7-5-2)15-10-8-14(3)9-11-15/h15H,3-13H2,1-2H3. The lowest BCUT2D eigenvalue weighted by atomic mass is 9.90. The van der Waals surface area contributed by atoms with Crippen molar-refractivity contribution in [2.45, 2.75) is 71.3 Å². The molecule has 1 aliphatic rings. The molecule has 0 spiro atoms. The molecule has 0 heterocycles. The summed E-state index contributed by atoms with van der Waals surface area (Å²) < 4.78 is 0. The van der Waals surface area contributed by atoms with Gasteiger partial charge < -0.3 is 4.90 Å². The summed E-state index contributed by atoms with van der Waals surface area (Å²) in [4.78, 5) is 2.75. The highest BCUT2D eigenvalue weighted by Crippen LogP contribution is 2.26. The van der Waals surface area contributed by atoms with E-state index in [0.29, 0.717) is 0 Å². The van der Waals surface area contributed by atoms with Gasteiger partial charge in [-0.1, -0.05) is 38.8 Å². The summed E-state index contributed by atoms with van der Waals surface area (Å²) >= 11 is 0. The van der Waals surface area contributed by atoms with Crippen LogP contribution in [0.2, 0.25) is 0 Å². The maximum atomic E-state index is 4.11. The number of rotatable bonds is 7. The molecule has 94 valence electrons. The van der Waals surface area contributed by atoms with E-state index in [1.165, 1.54) is 70.0 Å². The number of hydrogen-bond acceptors (Lipinski definition) is 1. The fraction of sp³-hybridized carbons (Fsp3) is 0.867. The van der Waals surface area contributed by atoms with Crippen LogP contribution in [0.3, 0.4) is 0 Å². The first kappa shape index (κ1) is 13.8. The van der Waals surface area contributed by atoms with E-state index in [-0.39, 0.29) is 0 Å². The maximum absolute atomic E-state index is 4.11. The third-order valence-corrected chi connectivity index (χ3v) is 3.78. The van der Waals surface area contributed by atoms with Crippen LogP contribution in [0.15, 0.2) is 12.2 Å². The zero-order valence-corrected chi connectivity index (χ0v) is 11.3. The lowest BCUT2D eigenvalue weighted by molar-refractivity contribution is 0.163. The van der Waals surface area contributed by atoms with Gasteiger partial charge in [-0.25, -0.2) is 0 Å². The molecule has 0 aromatic heterocycles. The molecule has 1 fully saturated rings. The molecular weight excluding hydrogens is 194 g/mol. The van der Waals surface area contributed by atoms with Gasteiger partial charge in [0.15, 0.2) is 0 Å². The molecule has 0 aromatic rings. The minimum Gasteiger partial charge on any atom is -0.300 e. The largest absolute Gasteiger partial charge is 0.300 e. The lowest BCUT2D eigenvalue weighted by Gasteiger charge is -2.35. The van der Waals surface area contributed by atoms with Gasteiger partial charge in [0.2, 0.25) is 0 Å². The maximum Gasteiger partial charge on any atom is 0.0101 e. The van der Waals surface area contributed by atoms with Crippen molar-refractivity contribution in [2.75, 3.05) is 13.1 Å². The lowest BCUT2D eigenvalue weighted by Crippen LogP contribution is -2.38. The van der Waals surface area contributed by atoms with Gasteiger partial charge in [0.1, 0.15) is 0 Å². The van der Waals surface area contributed by atoms with Gasteiger partial charge in [-0.3, -0.25) is 0 Å². The summed E-state index contributed by atoms with van der Waals surface area (Å²) in [7, 11) is 0. The Hall–Kier alpha value is -0.300. The molecule has 1 saturated carbocycles. The Morgan fingerprint density at radius 3 is 2.00 bits per heavy atom. The van der Waals surface area contributed by atoms with E-state index in [1.807, 2.05) is 0 Å². The summed E-state index contributed by atoms with van der Waals surface area (Å²) in [6.07, 6.45) is 10.6. The predicted molar refractivity (Wildman–Crippen MR) is 72.8 cm³/mol. The molecule has 0 N–H and O–H groups in total. The van der Waals surface area contributed by atoms with Gasteiger partial charge >= 0.3 is 0 Å². The molecule has 0 atom stereocenters. The first-order valence-corrected chi connectivity index (χ1v) is 7.18. The van der Waals surface area contributed by atoms with E-state index in [9.17, 15) is 0 Å². The second-order valence-corrected chi connectivity index (χ2v) is 5.22. The molecule has 0 saturated heterocycles. The predicted octanol–water partition coefficient (Wildman–Crippen LogP) is 4.39. The van der Waals surface area contributed by atoms with Gasteiger partial charge in [0, 0.05) is 6.04 Å². The minimum atomic E-state index is 0.851. The fourth-order valence-electron chi connectivity index (χ4n) is 2.58. The Labute approximate surface area is 102 Å². The van der Waals surface area contributed by atoms with Crippen molar-refractivity contribution in [2.24, 2.45) is 0 Å². The normalized spacial score (nSPS) is 18.3. The summed E-state index contributed by atoms with van der Waals surface area (Å²) in [5, 5.41) is 0. The molecule has 0 bridgehead atoms. The summed E-state index contributed by atoms with van der Waals surface area (Å²) in [6.45, 7) is 11.3. The second kappa shape index (κ2) is 7.89. The van der Waals surface area contributed by atoms with Crippen molar-refractivity contribution >= 4 is 0 Å². The average Bonchev–Trinajstić information content (AvgIpc) is 2.31. The van der Waals surface area contributed by atoms with Crippen LogP contribution in [0.25, 0.3) is 0 Å². The second-order valence-electron chi connectivity index (χ2n) is 5.22. The molecule has 16 heavy (non-hydrogen) atoms. The SMILES string of the molecule is C=C1CCC(N(CCCC)CCCC)CC1. The third kappa shape index (κ3) is 4.69. The van der Waals surface area contributed by atoms with Crippen LogP contribution in [0.5, 0.6) is 0 Å². The minimum absolute atomic E-state index is 0.851. The molecular formula is C15H29N. The Balaban J connectivity index is 2.37. The summed E-state index contributed by atoms with van der Waals surface area (Å²) in [5.41, 5.74) is 1.47. The molecule has 1 heteroatoms. The number of nitrogens with zero attached hydrogens (tertiary/aromatic N) is 1. The molecule has 0 aromatic carbocycles. The van der Waals surface area contributed by atoms with Crippen molar-refractivity contribution < 1.29 is 0 Å². The Morgan fingerprint density at radius 2 is 1.56 bits per heavy atom. The molecule has 0 unspecified atom stereocenters. The van der Waals surface area contributed by atoms with E-state index >= 15 is 0 Å². The molecule has 1 nitrogen and oxygen atoms in total. The van der Waals surface area contributed by atoms with Crippen molar-refractivity contribution in [3.05, 3.63) is 12.2 Å². The Kier molecular flexibility index (Phi) is 6.79. The van der Waals surface area contributed by atoms with Crippen LogP contribution >= 0.6 is 0 Å². The monoisotopic (exact) mass is 223 g/mol. The highest BCUT2D eigenvalue weighted by molar-refractivity contribution is 5.00. The average molecular weight is 223 g/mol. The van der Waals surface area contributed by atoms with Crippen LogP contribution in [-0.2, 0) is 0 Å². The summed E-state index contributed by atoms with van der Waals surface area (Å²) in [5.74, 6) is 0. The molecule has 0 aliphatic heterocycles. The van der Waals surface area contributed by atoms with Crippen LogP contribution in [0, 0.1) is 0 Å². The first-order chi connectivity index (χ1) is 7.77. The topological polar surface area (TPSA) is 3.24 Å². The van der Waals surface area contributed by atoms with Gasteiger partial charge in [-0.05, 0) is 51.6 Å². The quantitative estimate of drug-likeness (QED) is 0.579. The molecule has 0 amide bonds. The van der Waals surface area contributed by atoms with E-state index in [2.05, 4.69) is 25.3 Å². The van der Waals surface area contributed by atoms with Crippen molar-refractivity contribution in [1.29, 1.82) is 0 Å². The van der Waals surface area contributed by atoms with Crippen LogP contribution in [0.4, 0.5) is 0 Å². The van der Waals surface area contributed by atoms with E-state index in [4.69, 9.17) is 0 Å². The summed E-state index contributed by atoms with van der Waals surface area (Å²) in [6, 6.07) is 0.851. The van der Waals surface area contributed by atoms with Crippen molar-refractivity contribution in [3.8, 4) is 0 Å². The Bertz CT molecular complexity index is 180. The number of hydrogen-bond donors (Lipinski definition) is 0. The zero-order chi connectivity index (χ0) is 11.8. The van der Waals surface area contributed by atoms with Crippen LogP contribution in [0.1, 0.15) is 65.2 Å². The smallest absolute Gasteiger partial charge is 0.0101 e. The number of allylic oxidation sites excluding steroid dienone is 1. The highest BCUT2D eigenvalue weighted by atomic mass is 15.1. The third-order valence-electron chi connectivity index (χ3n) is 3.78. The molecule has 1 rings (SSSR count). The van der Waals surface area contributed by atoms with Crippen molar-refractivity contribution in [1.82, 2.24) is 4.90 Å². The van der Waals surface area contributed by atoms with Gasteiger partial charge in [-0.2, -0.15) is 0 Å². The van der Waals surface area contributed by atoms with Crippen molar-refractivity contribution in [3.63, 3.8) is 0 Å². The molecule has 0 radical (unpaired) electrons.